The van der Waals surface area contributed by atoms with Crippen molar-refractivity contribution in [2.24, 2.45) is 17.1 Å². The lowest BCUT2D eigenvalue weighted by Gasteiger charge is -2.19. The summed E-state index contributed by atoms with van der Waals surface area (Å²) in [7, 11) is 1.87. The molecule has 0 aromatic rings. The van der Waals surface area contributed by atoms with Crippen molar-refractivity contribution in [1.29, 1.82) is 0 Å². The fraction of sp³-hybridized carbons (Fsp3) is 0.909. The summed E-state index contributed by atoms with van der Waals surface area (Å²) in [6.07, 6.45) is 1.92. The van der Waals surface area contributed by atoms with E-state index < -0.39 is 0 Å². The minimum absolute atomic E-state index is 0.178. The van der Waals surface area contributed by atoms with Crippen molar-refractivity contribution in [2.45, 2.75) is 39.7 Å². The molecular weight excluding hydrogens is 176 g/mol. The van der Waals surface area contributed by atoms with Crippen molar-refractivity contribution >= 4 is 5.91 Å². The predicted octanol–water partition coefficient (Wildman–Crippen LogP) is 1.23. The van der Waals surface area contributed by atoms with Crippen molar-refractivity contribution in [2.75, 3.05) is 13.6 Å². The van der Waals surface area contributed by atoms with E-state index in [9.17, 15) is 4.79 Å². The molecule has 0 radical (unpaired) electrons. The Labute approximate surface area is 86.6 Å². The van der Waals surface area contributed by atoms with Gasteiger partial charge < -0.3 is 10.6 Å². The third-order valence-corrected chi connectivity index (χ3v) is 3.11. The quantitative estimate of drug-likeness (QED) is 0.738. The zero-order valence-electron chi connectivity index (χ0n) is 9.71. The van der Waals surface area contributed by atoms with Gasteiger partial charge in [0, 0.05) is 25.6 Å². The van der Waals surface area contributed by atoms with Gasteiger partial charge >= 0.3 is 0 Å². The van der Waals surface area contributed by atoms with Gasteiger partial charge in [-0.1, -0.05) is 13.8 Å². The van der Waals surface area contributed by atoms with Crippen molar-refractivity contribution in [1.82, 2.24) is 4.90 Å². The van der Waals surface area contributed by atoms with Gasteiger partial charge in [-0.3, -0.25) is 4.79 Å². The van der Waals surface area contributed by atoms with Crippen molar-refractivity contribution < 1.29 is 4.79 Å². The second-order valence-corrected chi connectivity index (χ2v) is 5.27. The van der Waals surface area contributed by atoms with Crippen LogP contribution >= 0.6 is 0 Å². The lowest BCUT2D eigenvalue weighted by Crippen LogP contribution is -2.33. The zero-order valence-corrected chi connectivity index (χ0v) is 9.71. The van der Waals surface area contributed by atoms with Gasteiger partial charge in [0.15, 0.2) is 0 Å². The summed E-state index contributed by atoms with van der Waals surface area (Å²) in [6.45, 7) is 7.05. The van der Waals surface area contributed by atoms with E-state index in [1.807, 2.05) is 18.9 Å². The number of carbonyl (C=O) groups is 1. The SMILES string of the molecule is CC(N)CCN(C)C(=O)C1CC1(C)C. The predicted molar refractivity (Wildman–Crippen MR) is 57.8 cm³/mol. The van der Waals surface area contributed by atoms with Crippen LogP contribution in [0.1, 0.15) is 33.6 Å². The minimum atomic E-state index is 0.178. The highest BCUT2D eigenvalue weighted by Crippen LogP contribution is 2.52. The number of carbonyl (C=O) groups excluding carboxylic acids is 1. The molecule has 0 spiro atoms. The summed E-state index contributed by atoms with van der Waals surface area (Å²) in [5.41, 5.74) is 5.88. The van der Waals surface area contributed by atoms with E-state index >= 15 is 0 Å². The molecule has 2 unspecified atom stereocenters. The van der Waals surface area contributed by atoms with E-state index in [1.54, 1.807) is 0 Å². The van der Waals surface area contributed by atoms with Crippen molar-refractivity contribution in [3.63, 3.8) is 0 Å². The number of nitrogens with two attached hydrogens (primary N) is 1. The third-order valence-electron chi connectivity index (χ3n) is 3.11. The second-order valence-electron chi connectivity index (χ2n) is 5.27. The Kier molecular flexibility index (Phi) is 3.20. The number of hydrogen-bond donors (Lipinski definition) is 1. The van der Waals surface area contributed by atoms with Gasteiger partial charge in [-0.2, -0.15) is 0 Å². The normalized spacial score (nSPS) is 25.6. The molecule has 0 heterocycles. The van der Waals surface area contributed by atoms with Crippen LogP contribution in [0.4, 0.5) is 0 Å². The topological polar surface area (TPSA) is 46.3 Å². The van der Waals surface area contributed by atoms with Gasteiger partial charge in [0.05, 0.1) is 0 Å². The highest BCUT2D eigenvalue weighted by molar-refractivity contribution is 5.82. The summed E-state index contributed by atoms with van der Waals surface area (Å²) in [5, 5.41) is 0. The fourth-order valence-electron chi connectivity index (χ4n) is 1.66. The van der Waals surface area contributed by atoms with Crippen LogP contribution in [0.15, 0.2) is 0 Å². The number of rotatable bonds is 4. The molecule has 2 atom stereocenters. The van der Waals surface area contributed by atoms with Gasteiger partial charge in [-0.15, -0.1) is 0 Å². The molecule has 0 aromatic heterocycles. The molecular formula is C11H22N2O. The Balaban J connectivity index is 2.31. The lowest BCUT2D eigenvalue weighted by molar-refractivity contribution is -0.132. The Hall–Kier alpha value is -0.570. The first kappa shape index (κ1) is 11.5. The van der Waals surface area contributed by atoms with Crippen LogP contribution in [0.25, 0.3) is 0 Å². The van der Waals surface area contributed by atoms with Gasteiger partial charge in [-0.25, -0.2) is 0 Å². The molecule has 0 aromatic carbocycles. The van der Waals surface area contributed by atoms with E-state index in [0.717, 1.165) is 19.4 Å². The molecule has 1 aliphatic carbocycles. The monoisotopic (exact) mass is 198 g/mol. The standard InChI is InChI=1S/C11H22N2O/c1-8(12)5-6-13(4)10(14)9-7-11(9,2)3/h8-9H,5-7,12H2,1-4H3. The van der Waals surface area contributed by atoms with Crippen LogP contribution in [0.3, 0.4) is 0 Å². The molecule has 0 saturated heterocycles. The van der Waals surface area contributed by atoms with Gasteiger partial charge in [0.2, 0.25) is 5.91 Å². The third kappa shape index (κ3) is 2.71. The molecule has 3 nitrogen and oxygen atoms in total. The smallest absolute Gasteiger partial charge is 0.225 e. The van der Waals surface area contributed by atoms with Crippen LogP contribution in [0, 0.1) is 11.3 Å². The average Bonchev–Trinajstić information content (AvgIpc) is 2.69. The Morgan fingerprint density at radius 3 is 2.50 bits per heavy atom. The molecule has 3 heteroatoms. The first-order valence-electron chi connectivity index (χ1n) is 5.35. The summed E-state index contributed by atoms with van der Waals surface area (Å²) in [4.78, 5) is 13.6. The minimum Gasteiger partial charge on any atom is -0.345 e. The van der Waals surface area contributed by atoms with Crippen molar-refractivity contribution in [3.8, 4) is 0 Å². The zero-order chi connectivity index (χ0) is 10.9. The highest BCUT2D eigenvalue weighted by Gasteiger charge is 2.51. The molecule has 82 valence electrons. The van der Waals surface area contributed by atoms with Crippen molar-refractivity contribution in [3.05, 3.63) is 0 Å². The molecule has 1 rings (SSSR count). The highest BCUT2D eigenvalue weighted by atomic mass is 16.2. The van der Waals surface area contributed by atoms with Crippen LogP contribution in [-0.4, -0.2) is 30.4 Å². The van der Waals surface area contributed by atoms with Crippen LogP contribution in [0.5, 0.6) is 0 Å². The Morgan fingerprint density at radius 1 is 1.64 bits per heavy atom. The molecule has 1 saturated carbocycles. The first-order chi connectivity index (χ1) is 6.34. The van der Waals surface area contributed by atoms with Crippen LogP contribution < -0.4 is 5.73 Å². The summed E-state index contributed by atoms with van der Waals surface area (Å²) in [6, 6.07) is 0.178. The van der Waals surface area contributed by atoms with E-state index in [-0.39, 0.29) is 23.3 Å². The summed E-state index contributed by atoms with van der Waals surface area (Å²) >= 11 is 0. The maximum atomic E-state index is 11.8. The number of nitrogens with zero attached hydrogens (tertiary/aromatic N) is 1. The Bertz CT molecular complexity index is 223. The molecule has 1 fully saturated rings. The van der Waals surface area contributed by atoms with Gasteiger partial charge in [0.25, 0.3) is 0 Å². The lowest BCUT2D eigenvalue weighted by atomic mass is 10.1. The number of amides is 1. The largest absolute Gasteiger partial charge is 0.345 e. The van der Waals surface area contributed by atoms with E-state index in [2.05, 4.69) is 13.8 Å². The summed E-state index contributed by atoms with van der Waals surface area (Å²) < 4.78 is 0. The van der Waals surface area contributed by atoms with Crippen LogP contribution in [-0.2, 0) is 4.79 Å². The maximum absolute atomic E-state index is 11.8. The fourth-order valence-corrected chi connectivity index (χ4v) is 1.66. The molecule has 1 aliphatic rings. The van der Waals surface area contributed by atoms with E-state index in [0.29, 0.717) is 0 Å². The molecule has 2 N–H and O–H groups in total. The van der Waals surface area contributed by atoms with E-state index in [4.69, 9.17) is 5.73 Å². The average molecular weight is 198 g/mol. The van der Waals surface area contributed by atoms with Gasteiger partial charge in [0.1, 0.15) is 0 Å². The second kappa shape index (κ2) is 3.89. The molecule has 14 heavy (non-hydrogen) atoms. The molecule has 0 bridgehead atoms. The first-order valence-corrected chi connectivity index (χ1v) is 5.35. The maximum Gasteiger partial charge on any atom is 0.225 e. The van der Waals surface area contributed by atoms with Crippen LogP contribution in [0.2, 0.25) is 0 Å². The van der Waals surface area contributed by atoms with E-state index in [1.165, 1.54) is 0 Å². The Morgan fingerprint density at radius 2 is 2.14 bits per heavy atom. The molecule has 0 aliphatic heterocycles. The van der Waals surface area contributed by atoms with Gasteiger partial charge in [-0.05, 0) is 25.2 Å². The molecule has 1 amide bonds. The summed E-state index contributed by atoms with van der Waals surface area (Å²) in [5.74, 6) is 0.538. The number of hydrogen-bond acceptors (Lipinski definition) is 2.